The maximum atomic E-state index is 11.4. The summed E-state index contributed by atoms with van der Waals surface area (Å²) in [6, 6.07) is 0. The van der Waals surface area contributed by atoms with Crippen molar-refractivity contribution in [2.75, 3.05) is 6.54 Å². The van der Waals surface area contributed by atoms with Gasteiger partial charge in [-0.05, 0) is 12.5 Å². The van der Waals surface area contributed by atoms with Gasteiger partial charge in [0.15, 0.2) is 0 Å². The molecule has 1 rings (SSSR count). The van der Waals surface area contributed by atoms with Gasteiger partial charge in [0.1, 0.15) is 5.69 Å². The number of aromatic nitrogens is 2. The van der Waals surface area contributed by atoms with E-state index < -0.39 is 6.09 Å². The molecule has 76 valence electrons. The fourth-order valence-electron chi connectivity index (χ4n) is 1.12. The molecule has 6 heteroatoms. The van der Waals surface area contributed by atoms with Crippen LogP contribution in [0.5, 0.6) is 0 Å². The van der Waals surface area contributed by atoms with Gasteiger partial charge in [0.05, 0.1) is 6.54 Å². The van der Waals surface area contributed by atoms with E-state index in [2.05, 4.69) is 5.10 Å². The summed E-state index contributed by atoms with van der Waals surface area (Å²) < 4.78 is 1.52. The minimum atomic E-state index is -1.22. The van der Waals surface area contributed by atoms with Gasteiger partial charge in [-0.3, -0.25) is 9.48 Å². The molecule has 0 aromatic carbocycles. The monoisotopic (exact) mass is 197 g/mol. The van der Waals surface area contributed by atoms with E-state index in [1.807, 2.05) is 5.32 Å². The van der Waals surface area contributed by atoms with Crippen LogP contribution in [-0.2, 0) is 7.05 Å². The molecule has 0 spiro atoms. The molecule has 0 fully saturated rings. The van der Waals surface area contributed by atoms with E-state index in [9.17, 15) is 9.59 Å². The SMILES string of the molecule is Cc1cn(C)nc1C(=O)CNC(=O)O. The molecule has 0 saturated heterocycles. The Morgan fingerprint density at radius 2 is 2.29 bits per heavy atom. The van der Waals surface area contributed by atoms with E-state index in [0.717, 1.165) is 5.56 Å². The van der Waals surface area contributed by atoms with E-state index >= 15 is 0 Å². The zero-order chi connectivity index (χ0) is 10.7. The molecule has 0 atom stereocenters. The number of carbonyl (C=O) groups excluding carboxylic acids is 1. The van der Waals surface area contributed by atoms with Crippen LogP contribution in [0.3, 0.4) is 0 Å². The molecule has 0 aliphatic rings. The largest absolute Gasteiger partial charge is 0.465 e. The fourth-order valence-corrected chi connectivity index (χ4v) is 1.12. The van der Waals surface area contributed by atoms with Gasteiger partial charge in [0.25, 0.3) is 0 Å². The molecule has 0 bridgehead atoms. The summed E-state index contributed by atoms with van der Waals surface area (Å²) in [6.07, 6.45) is 0.487. The molecule has 0 aliphatic heterocycles. The summed E-state index contributed by atoms with van der Waals surface area (Å²) in [5.41, 5.74) is 1.05. The lowest BCUT2D eigenvalue weighted by molar-refractivity contribution is 0.0981. The number of nitrogens with one attached hydrogen (secondary N) is 1. The zero-order valence-electron chi connectivity index (χ0n) is 7.94. The molecule has 1 aromatic rings. The highest BCUT2D eigenvalue weighted by atomic mass is 16.4. The Bertz CT molecular complexity index is 370. The van der Waals surface area contributed by atoms with Gasteiger partial charge in [0.2, 0.25) is 5.78 Å². The average Bonchev–Trinajstić information content (AvgIpc) is 2.41. The second-order valence-corrected chi connectivity index (χ2v) is 2.92. The first-order valence-electron chi connectivity index (χ1n) is 4.01. The normalized spacial score (nSPS) is 9.86. The second kappa shape index (κ2) is 3.91. The molecule has 1 heterocycles. The molecule has 1 amide bonds. The minimum absolute atomic E-state index is 0.243. The fraction of sp³-hybridized carbons (Fsp3) is 0.375. The number of hydrogen-bond donors (Lipinski definition) is 2. The van der Waals surface area contributed by atoms with Crippen LogP contribution in [0.4, 0.5) is 4.79 Å². The number of ketones is 1. The quantitative estimate of drug-likeness (QED) is 0.677. The topological polar surface area (TPSA) is 84.2 Å². The Hall–Kier alpha value is -1.85. The lowest BCUT2D eigenvalue weighted by atomic mass is 10.2. The number of rotatable bonds is 3. The summed E-state index contributed by atoms with van der Waals surface area (Å²) in [4.78, 5) is 21.5. The first kappa shape index (κ1) is 10.2. The molecular formula is C8H11N3O3. The first-order chi connectivity index (χ1) is 6.50. The Labute approximate surface area is 80.5 Å². The van der Waals surface area contributed by atoms with Crippen LogP contribution in [0, 0.1) is 6.92 Å². The highest BCUT2D eigenvalue weighted by Gasteiger charge is 2.13. The van der Waals surface area contributed by atoms with Crippen molar-refractivity contribution in [2.45, 2.75) is 6.92 Å². The Morgan fingerprint density at radius 1 is 1.64 bits per heavy atom. The van der Waals surface area contributed by atoms with E-state index in [4.69, 9.17) is 5.11 Å². The van der Waals surface area contributed by atoms with Crippen molar-refractivity contribution in [2.24, 2.45) is 7.05 Å². The number of hydrogen-bond acceptors (Lipinski definition) is 3. The highest BCUT2D eigenvalue weighted by Crippen LogP contribution is 2.04. The van der Waals surface area contributed by atoms with Crippen molar-refractivity contribution >= 4 is 11.9 Å². The molecule has 6 nitrogen and oxygen atoms in total. The van der Waals surface area contributed by atoms with Gasteiger partial charge < -0.3 is 10.4 Å². The van der Waals surface area contributed by atoms with Crippen LogP contribution < -0.4 is 5.32 Å². The molecule has 0 aliphatic carbocycles. The van der Waals surface area contributed by atoms with Gasteiger partial charge in [-0.15, -0.1) is 0 Å². The van der Waals surface area contributed by atoms with Crippen LogP contribution in [-0.4, -0.2) is 33.3 Å². The second-order valence-electron chi connectivity index (χ2n) is 2.92. The van der Waals surface area contributed by atoms with E-state index in [-0.39, 0.29) is 12.3 Å². The van der Waals surface area contributed by atoms with Crippen LogP contribution in [0.15, 0.2) is 6.20 Å². The van der Waals surface area contributed by atoms with Crippen LogP contribution in [0.25, 0.3) is 0 Å². The molecular weight excluding hydrogens is 186 g/mol. The van der Waals surface area contributed by atoms with Crippen molar-refractivity contribution < 1.29 is 14.7 Å². The van der Waals surface area contributed by atoms with Crippen molar-refractivity contribution in [3.63, 3.8) is 0 Å². The summed E-state index contributed by atoms with van der Waals surface area (Å²) in [5, 5.41) is 14.2. The lowest BCUT2D eigenvalue weighted by Gasteiger charge is -1.97. The van der Waals surface area contributed by atoms with E-state index in [1.54, 1.807) is 20.2 Å². The lowest BCUT2D eigenvalue weighted by Crippen LogP contribution is -2.28. The standard InChI is InChI=1S/C8H11N3O3/c1-5-4-11(2)10-7(5)6(12)3-9-8(13)14/h4,9H,3H2,1-2H3,(H,13,14). The van der Waals surface area contributed by atoms with Gasteiger partial charge in [0, 0.05) is 13.2 Å². The summed E-state index contributed by atoms with van der Waals surface area (Å²) in [5.74, 6) is -0.328. The van der Waals surface area contributed by atoms with E-state index in [1.165, 1.54) is 4.68 Å². The van der Waals surface area contributed by atoms with Gasteiger partial charge >= 0.3 is 6.09 Å². The predicted molar refractivity (Wildman–Crippen MR) is 48.3 cm³/mol. The predicted octanol–water partition coefficient (Wildman–Crippen LogP) is 0.179. The van der Waals surface area contributed by atoms with Gasteiger partial charge in [-0.2, -0.15) is 5.10 Å². The molecule has 1 aromatic heterocycles. The first-order valence-corrected chi connectivity index (χ1v) is 4.01. The maximum absolute atomic E-state index is 11.4. The minimum Gasteiger partial charge on any atom is -0.465 e. The van der Waals surface area contributed by atoms with Crippen LogP contribution in [0.1, 0.15) is 16.1 Å². The molecule has 2 N–H and O–H groups in total. The number of Topliss-reactive ketones (excluding diaryl/α,β-unsaturated/α-hetero) is 1. The number of carbonyl (C=O) groups is 2. The van der Waals surface area contributed by atoms with Gasteiger partial charge in [-0.25, -0.2) is 4.79 Å². The molecule has 0 unspecified atom stereocenters. The smallest absolute Gasteiger partial charge is 0.405 e. The van der Waals surface area contributed by atoms with Crippen molar-refractivity contribution in [1.82, 2.24) is 15.1 Å². The number of aryl methyl sites for hydroxylation is 2. The van der Waals surface area contributed by atoms with Gasteiger partial charge in [-0.1, -0.05) is 0 Å². The summed E-state index contributed by atoms with van der Waals surface area (Å²) >= 11 is 0. The molecule has 0 saturated carbocycles. The Kier molecular flexibility index (Phi) is 2.85. The molecule has 0 radical (unpaired) electrons. The van der Waals surface area contributed by atoms with Crippen molar-refractivity contribution in [3.05, 3.63) is 17.5 Å². The summed E-state index contributed by atoms with van der Waals surface area (Å²) in [7, 11) is 1.70. The van der Waals surface area contributed by atoms with Crippen LogP contribution in [0.2, 0.25) is 0 Å². The van der Waals surface area contributed by atoms with E-state index in [0.29, 0.717) is 5.69 Å². The van der Waals surface area contributed by atoms with Crippen molar-refractivity contribution in [3.8, 4) is 0 Å². The third-order valence-electron chi connectivity index (χ3n) is 1.68. The van der Waals surface area contributed by atoms with Crippen molar-refractivity contribution in [1.29, 1.82) is 0 Å². The maximum Gasteiger partial charge on any atom is 0.405 e. The average molecular weight is 197 g/mol. The third kappa shape index (κ3) is 2.32. The van der Waals surface area contributed by atoms with Crippen LogP contribution >= 0.6 is 0 Å². The molecule has 14 heavy (non-hydrogen) atoms. The Morgan fingerprint density at radius 3 is 2.71 bits per heavy atom. The Balaban J connectivity index is 2.69. The number of carboxylic acid groups (broad SMARTS) is 1. The highest BCUT2D eigenvalue weighted by molar-refractivity contribution is 5.98. The number of nitrogens with zero attached hydrogens (tertiary/aromatic N) is 2. The summed E-state index contributed by atoms with van der Waals surface area (Å²) in [6.45, 7) is 1.51. The third-order valence-corrected chi connectivity index (χ3v) is 1.68. The number of amides is 1. The zero-order valence-corrected chi connectivity index (χ0v) is 7.94.